The maximum atomic E-state index is 6.00. The molecule has 1 fully saturated rings. The highest BCUT2D eigenvalue weighted by Gasteiger charge is 2.14. The van der Waals surface area contributed by atoms with Crippen molar-refractivity contribution in [2.24, 2.45) is 5.92 Å². The smallest absolute Gasteiger partial charge is 0.137 e. The van der Waals surface area contributed by atoms with Crippen LogP contribution in [0.5, 0.6) is 5.75 Å². The molecule has 106 valence electrons. The van der Waals surface area contributed by atoms with Crippen LogP contribution in [-0.4, -0.2) is 35.0 Å². The molecular weight excluding hydrogens is 278 g/mol. The Morgan fingerprint density at radius 2 is 2.15 bits per heavy atom. The van der Waals surface area contributed by atoms with Crippen LogP contribution in [0.3, 0.4) is 0 Å². The highest BCUT2D eigenvalue weighted by molar-refractivity contribution is 6.32. The summed E-state index contributed by atoms with van der Waals surface area (Å²) in [6.45, 7) is 2.39. The third-order valence-corrected chi connectivity index (χ3v) is 3.70. The fraction of sp³-hybridized carbons (Fsp3) is 0.429. The number of rotatable bonds is 4. The number of pyridine rings is 1. The fourth-order valence-electron chi connectivity index (χ4n) is 2.19. The van der Waals surface area contributed by atoms with Crippen molar-refractivity contribution in [1.29, 1.82) is 0 Å². The summed E-state index contributed by atoms with van der Waals surface area (Å²) >= 11 is 6.00. The van der Waals surface area contributed by atoms with E-state index >= 15 is 0 Å². The van der Waals surface area contributed by atoms with Gasteiger partial charge in [0.15, 0.2) is 0 Å². The SMILES string of the molecule is Clc1cn[nH]c1-c1ccc(OCC2CCOCC2)cn1. The van der Waals surface area contributed by atoms with Gasteiger partial charge in [-0.3, -0.25) is 10.1 Å². The van der Waals surface area contributed by atoms with Crippen molar-refractivity contribution in [2.45, 2.75) is 12.8 Å². The maximum Gasteiger partial charge on any atom is 0.137 e. The molecule has 1 aliphatic heterocycles. The van der Waals surface area contributed by atoms with E-state index in [2.05, 4.69) is 15.2 Å². The summed E-state index contributed by atoms with van der Waals surface area (Å²) in [6, 6.07) is 3.78. The first-order chi connectivity index (χ1) is 9.83. The van der Waals surface area contributed by atoms with Crippen LogP contribution < -0.4 is 4.74 Å². The van der Waals surface area contributed by atoms with Crippen LogP contribution in [0.1, 0.15) is 12.8 Å². The van der Waals surface area contributed by atoms with Gasteiger partial charge in [0, 0.05) is 13.2 Å². The zero-order valence-electron chi connectivity index (χ0n) is 11.0. The minimum atomic E-state index is 0.563. The Hall–Kier alpha value is -1.59. The van der Waals surface area contributed by atoms with Crippen LogP contribution >= 0.6 is 11.6 Å². The van der Waals surface area contributed by atoms with E-state index in [1.807, 2.05) is 12.1 Å². The molecular formula is C14H16ClN3O2. The minimum Gasteiger partial charge on any atom is -0.492 e. The molecule has 3 rings (SSSR count). The van der Waals surface area contributed by atoms with Gasteiger partial charge in [-0.1, -0.05) is 11.6 Å². The number of hydrogen-bond acceptors (Lipinski definition) is 4. The molecule has 0 bridgehead atoms. The number of ether oxygens (including phenoxy) is 2. The van der Waals surface area contributed by atoms with Gasteiger partial charge in [0.05, 0.1) is 29.7 Å². The van der Waals surface area contributed by atoms with Gasteiger partial charge >= 0.3 is 0 Å². The number of nitrogens with one attached hydrogen (secondary N) is 1. The molecule has 3 heterocycles. The van der Waals surface area contributed by atoms with Gasteiger partial charge in [-0.15, -0.1) is 0 Å². The third-order valence-electron chi connectivity index (χ3n) is 3.41. The largest absolute Gasteiger partial charge is 0.492 e. The zero-order chi connectivity index (χ0) is 13.8. The molecule has 2 aromatic rings. The summed E-state index contributed by atoms with van der Waals surface area (Å²) in [6.07, 6.45) is 5.41. The van der Waals surface area contributed by atoms with Crippen molar-refractivity contribution in [2.75, 3.05) is 19.8 Å². The number of aromatic amines is 1. The van der Waals surface area contributed by atoms with Crippen LogP contribution in [-0.2, 0) is 4.74 Å². The van der Waals surface area contributed by atoms with E-state index in [4.69, 9.17) is 21.1 Å². The number of halogens is 1. The van der Waals surface area contributed by atoms with E-state index in [1.54, 1.807) is 12.4 Å². The predicted molar refractivity (Wildman–Crippen MR) is 75.9 cm³/mol. The molecule has 1 saturated heterocycles. The van der Waals surface area contributed by atoms with Crippen molar-refractivity contribution in [3.63, 3.8) is 0 Å². The Balaban J connectivity index is 1.60. The standard InChI is InChI=1S/C14H16ClN3O2/c15-12-8-17-18-14(12)13-2-1-11(7-16-13)20-9-10-3-5-19-6-4-10/h1-2,7-8,10H,3-6,9H2,(H,17,18). The Kier molecular flexibility index (Phi) is 4.18. The van der Waals surface area contributed by atoms with E-state index in [9.17, 15) is 0 Å². The second-order valence-corrected chi connectivity index (χ2v) is 5.25. The van der Waals surface area contributed by atoms with E-state index in [1.165, 1.54) is 0 Å². The Morgan fingerprint density at radius 3 is 2.80 bits per heavy atom. The summed E-state index contributed by atoms with van der Waals surface area (Å²) < 4.78 is 11.1. The lowest BCUT2D eigenvalue weighted by Crippen LogP contribution is -2.21. The summed E-state index contributed by atoms with van der Waals surface area (Å²) in [4.78, 5) is 4.34. The molecule has 0 atom stereocenters. The fourth-order valence-corrected chi connectivity index (χ4v) is 2.38. The first-order valence-electron chi connectivity index (χ1n) is 6.69. The maximum absolute atomic E-state index is 6.00. The van der Waals surface area contributed by atoms with Crippen molar-refractivity contribution in [3.05, 3.63) is 29.5 Å². The van der Waals surface area contributed by atoms with Crippen LogP contribution in [0.25, 0.3) is 11.4 Å². The molecule has 0 unspecified atom stereocenters. The van der Waals surface area contributed by atoms with E-state index in [0.717, 1.165) is 49.8 Å². The minimum absolute atomic E-state index is 0.563. The van der Waals surface area contributed by atoms with Crippen molar-refractivity contribution < 1.29 is 9.47 Å². The number of aromatic nitrogens is 3. The monoisotopic (exact) mass is 293 g/mol. The van der Waals surface area contributed by atoms with Gasteiger partial charge in [-0.2, -0.15) is 5.10 Å². The summed E-state index contributed by atoms with van der Waals surface area (Å²) in [5, 5.41) is 7.27. The topological polar surface area (TPSA) is 60.0 Å². The van der Waals surface area contributed by atoms with Gasteiger partial charge in [0.1, 0.15) is 11.4 Å². The molecule has 6 heteroatoms. The third kappa shape index (κ3) is 3.11. The van der Waals surface area contributed by atoms with Crippen LogP contribution in [0, 0.1) is 5.92 Å². The molecule has 0 aromatic carbocycles. The first-order valence-corrected chi connectivity index (χ1v) is 7.06. The van der Waals surface area contributed by atoms with Crippen LogP contribution in [0.4, 0.5) is 0 Å². The van der Waals surface area contributed by atoms with E-state index in [0.29, 0.717) is 10.9 Å². The lowest BCUT2D eigenvalue weighted by Gasteiger charge is -2.21. The van der Waals surface area contributed by atoms with Gasteiger partial charge in [0.2, 0.25) is 0 Å². The Bertz CT molecular complexity index is 550. The lowest BCUT2D eigenvalue weighted by atomic mass is 10.0. The molecule has 20 heavy (non-hydrogen) atoms. The molecule has 2 aromatic heterocycles. The van der Waals surface area contributed by atoms with E-state index < -0.39 is 0 Å². The summed E-state index contributed by atoms with van der Waals surface area (Å²) in [5.74, 6) is 1.35. The molecule has 5 nitrogen and oxygen atoms in total. The van der Waals surface area contributed by atoms with Crippen LogP contribution in [0.2, 0.25) is 5.02 Å². The Labute approximate surface area is 122 Å². The van der Waals surface area contributed by atoms with Gasteiger partial charge < -0.3 is 9.47 Å². The average Bonchev–Trinajstić information content (AvgIpc) is 2.93. The summed E-state index contributed by atoms with van der Waals surface area (Å²) in [7, 11) is 0. The normalized spacial score (nSPS) is 16.2. The number of nitrogens with zero attached hydrogens (tertiary/aromatic N) is 2. The summed E-state index contributed by atoms with van der Waals surface area (Å²) in [5.41, 5.74) is 1.48. The van der Waals surface area contributed by atoms with Gasteiger partial charge in [0.25, 0.3) is 0 Å². The first kappa shape index (κ1) is 13.4. The van der Waals surface area contributed by atoms with Crippen molar-refractivity contribution in [3.8, 4) is 17.1 Å². The van der Waals surface area contributed by atoms with Crippen LogP contribution in [0.15, 0.2) is 24.5 Å². The van der Waals surface area contributed by atoms with E-state index in [-0.39, 0.29) is 0 Å². The molecule has 0 amide bonds. The lowest BCUT2D eigenvalue weighted by molar-refractivity contribution is 0.0497. The van der Waals surface area contributed by atoms with Gasteiger partial charge in [-0.05, 0) is 30.9 Å². The second-order valence-electron chi connectivity index (χ2n) is 4.84. The predicted octanol–water partition coefficient (Wildman–Crippen LogP) is 2.93. The highest BCUT2D eigenvalue weighted by Crippen LogP contribution is 2.24. The van der Waals surface area contributed by atoms with Gasteiger partial charge in [-0.25, -0.2) is 0 Å². The highest BCUT2D eigenvalue weighted by atomic mass is 35.5. The van der Waals surface area contributed by atoms with Crippen molar-refractivity contribution in [1.82, 2.24) is 15.2 Å². The second kappa shape index (κ2) is 6.24. The molecule has 1 N–H and O–H groups in total. The zero-order valence-corrected chi connectivity index (χ0v) is 11.8. The Morgan fingerprint density at radius 1 is 1.30 bits per heavy atom. The molecule has 1 aliphatic rings. The number of H-pyrrole nitrogens is 1. The molecule has 0 spiro atoms. The van der Waals surface area contributed by atoms with Crippen molar-refractivity contribution >= 4 is 11.6 Å². The molecule has 0 saturated carbocycles. The number of hydrogen-bond donors (Lipinski definition) is 1. The quantitative estimate of drug-likeness (QED) is 0.941. The average molecular weight is 294 g/mol. The molecule has 0 radical (unpaired) electrons. The molecule has 0 aliphatic carbocycles.